The van der Waals surface area contributed by atoms with Crippen molar-refractivity contribution in [1.82, 2.24) is 9.55 Å². The molecule has 0 saturated carbocycles. The highest BCUT2D eigenvalue weighted by Gasteiger charge is 2.15. The van der Waals surface area contributed by atoms with Crippen LogP contribution in [0.3, 0.4) is 0 Å². The lowest BCUT2D eigenvalue weighted by molar-refractivity contribution is -0.385. The van der Waals surface area contributed by atoms with Gasteiger partial charge in [0.2, 0.25) is 0 Å². The zero-order chi connectivity index (χ0) is 14.0. The fourth-order valence-electron chi connectivity index (χ4n) is 1.59. The zero-order valence-corrected chi connectivity index (χ0v) is 10.2. The van der Waals surface area contributed by atoms with Crippen LogP contribution < -0.4 is 5.56 Å². The standard InChI is InChI=1S/C11H7ClFN3O3/c12-10-11(17)15(4-3-14-10)6-7-5-8(13)1-2-9(7)16(18)19/h1-5H,6H2. The number of nitro groups is 1. The van der Waals surface area contributed by atoms with E-state index in [-0.39, 0.29) is 22.9 Å². The molecule has 8 heteroatoms. The van der Waals surface area contributed by atoms with Crippen LogP contribution in [-0.2, 0) is 6.54 Å². The SMILES string of the molecule is O=c1c(Cl)nccn1Cc1cc(F)ccc1[N+](=O)[O-]. The molecule has 0 bridgehead atoms. The highest BCUT2D eigenvalue weighted by atomic mass is 35.5. The molecule has 6 nitrogen and oxygen atoms in total. The van der Waals surface area contributed by atoms with Crippen molar-refractivity contribution in [3.63, 3.8) is 0 Å². The molecule has 0 fully saturated rings. The van der Waals surface area contributed by atoms with Crippen molar-refractivity contribution in [2.45, 2.75) is 6.54 Å². The molecule has 1 aromatic heterocycles. The van der Waals surface area contributed by atoms with Gasteiger partial charge in [-0.25, -0.2) is 9.37 Å². The predicted molar refractivity (Wildman–Crippen MR) is 65.7 cm³/mol. The molecule has 98 valence electrons. The molecule has 2 rings (SSSR count). The summed E-state index contributed by atoms with van der Waals surface area (Å²) in [6, 6.07) is 3.06. The van der Waals surface area contributed by atoms with Crippen LogP contribution >= 0.6 is 11.6 Å². The summed E-state index contributed by atoms with van der Waals surface area (Å²) in [6.07, 6.45) is 2.61. The lowest BCUT2D eigenvalue weighted by Gasteiger charge is -2.06. The maximum atomic E-state index is 13.1. The van der Waals surface area contributed by atoms with Gasteiger partial charge in [-0.2, -0.15) is 0 Å². The van der Waals surface area contributed by atoms with Gasteiger partial charge in [0.05, 0.1) is 17.0 Å². The number of nitrogens with zero attached hydrogens (tertiary/aromatic N) is 3. The van der Waals surface area contributed by atoms with Gasteiger partial charge in [-0.05, 0) is 12.1 Å². The Labute approximate surface area is 111 Å². The van der Waals surface area contributed by atoms with E-state index < -0.39 is 16.3 Å². The summed E-state index contributed by atoms with van der Waals surface area (Å²) in [7, 11) is 0. The van der Waals surface area contributed by atoms with Gasteiger partial charge in [0, 0.05) is 18.5 Å². The molecule has 1 heterocycles. The lowest BCUT2D eigenvalue weighted by Crippen LogP contribution is -2.21. The Morgan fingerprint density at radius 3 is 2.89 bits per heavy atom. The van der Waals surface area contributed by atoms with Crippen molar-refractivity contribution < 1.29 is 9.31 Å². The van der Waals surface area contributed by atoms with Gasteiger partial charge in [0.1, 0.15) is 5.82 Å². The van der Waals surface area contributed by atoms with E-state index in [2.05, 4.69) is 4.98 Å². The van der Waals surface area contributed by atoms with Crippen LogP contribution in [0.4, 0.5) is 10.1 Å². The average Bonchev–Trinajstić information content (AvgIpc) is 2.35. The van der Waals surface area contributed by atoms with Gasteiger partial charge in [-0.1, -0.05) is 11.6 Å². The number of aromatic nitrogens is 2. The van der Waals surface area contributed by atoms with Crippen molar-refractivity contribution in [3.05, 3.63) is 67.6 Å². The largest absolute Gasteiger partial charge is 0.307 e. The second kappa shape index (κ2) is 5.15. The molecule has 0 atom stereocenters. The van der Waals surface area contributed by atoms with Crippen LogP contribution in [-0.4, -0.2) is 14.5 Å². The van der Waals surface area contributed by atoms with E-state index >= 15 is 0 Å². The third kappa shape index (κ3) is 2.76. The highest BCUT2D eigenvalue weighted by Crippen LogP contribution is 2.20. The zero-order valence-electron chi connectivity index (χ0n) is 9.42. The van der Waals surface area contributed by atoms with Gasteiger partial charge in [0.25, 0.3) is 11.2 Å². The summed E-state index contributed by atoms with van der Waals surface area (Å²) >= 11 is 5.56. The number of benzene rings is 1. The van der Waals surface area contributed by atoms with Gasteiger partial charge >= 0.3 is 0 Å². The number of hydrogen-bond acceptors (Lipinski definition) is 4. The van der Waals surface area contributed by atoms with Crippen LogP contribution in [0.25, 0.3) is 0 Å². The summed E-state index contributed by atoms with van der Waals surface area (Å²) in [6.45, 7) is -0.158. The Balaban J connectivity index is 2.48. The van der Waals surface area contributed by atoms with E-state index in [4.69, 9.17) is 11.6 Å². The van der Waals surface area contributed by atoms with E-state index in [0.717, 1.165) is 22.8 Å². The normalized spacial score (nSPS) is 10.4. The van der Waals surface area contributed by atoms with Crippen LogP contribution in [0, 0.1) is 15.9 Å². The molecular weight excluding hydrogens is 277 g/mol. The number of nitro benzene ring substituents is 1. The third-order valence-electron chi connectivity index (χ3n) is 2.45. The van der Waals surface area contributed by atoms with Gasteiger partial charge in [-0.3, -0.25) is 14.9 Å². The Morgan fingerprint density at radius 1 is 1.47 bits per heavy atom. The van der Waals surface area contributed by atoms with E-state index in [0.29, 0.717) is 0 Å². The molecule has 0 unspecified atom stereocenters. The molecule has 0 aliphatic rings. The fourth-order valence-corrected chi connectivity index (χ4v) is 1.75. The molecule has 2 aromatic rings. The summed E-state index contributed by atoms with van der Waals surface area (Å²) in [5.74, 6) is -0.617. The van der Waals surface area contributed by atoms with E-state index in [1.165, 1.54) is 12.4 Å². The maximum absolute atomic E-state index is 13.1. The lowest BCUT2D eigenvalue weighted by atomic mass is 10.1. The van der Waals surface area contributed by atoms with Crippen molar-refractivity contribution in [2.24, 2.45) is 0 Å². The van der Waals surface area contributed by atoms with Crippen LogP contribution in [0.1, 0.15) is 5.56 Å². The Hall–Kier alpha value is -2.28. The molecule has 0 spiro atoms. The number of rotatable bonds is 3. The van der Waals surface area contributed by atoms with Crippen molar-refractivity contribution in [2.75, 3.05) is 0 Å². The minimum atomic E-state index is -0.636. The maximum Gasteiger partial charge on any atom is 0.288 e. The number of hydrogen-bond donors (Lipinski definition) is 0. The highest BCUT2D eigenvalue weighted by molar-refractivity contribution is 6.29. The Bertz CT molecular complexity index is 702. The van der Waals surface area contributed by atoms with E-state index in [1.807, 2.05) is 0 Å². The Kier molecular flexibility index (Phi) is 3.57. The molecule has 19 heavy (non-hydrogen) atoms. The van der Waals surface area contributed by atoms with E-state index in [9.17, 15) is 19.3 Å². The van der Waals surface area contributed by atoms with Gasteiger partial charge in [0.15, 0.2) is 5.15 Å². The first-order valence-electron chi connectivity index (χ1n) is 5.13. The van der Waals surface area contributed by atoms with E-state index in [1.54, 1.807) is 0 Å². The first-order valence-corrected chi connectivity index (χ1v) is 5.50. The molecular formula is C11H7ClFN3O3. The van der Waals surface area contributed by atoms with Crippen LogP contribution in [0.15, 0.2) is 35.4 Å². The van der Waals surface area contributed by atoms with Gasteiger partial charge in [-0.15, -0.1) is 0 Å². The molecule has 0 radical (unpaired) electrons. The van der Waals surface area contributed by atoms with Crippen molar-refractivity contribution in [3.8, 4) is 0 Å². The van der Waals surface area contributed by atoms with Crippen LogP contribution in [0.5, 0.6) is 0 Å². The van der Waals surface area contributed by atoms with Gasteiger partial charge < -0.3 is 4.57 Å². The smallest absolute Gasteiger partial charge is 0.288 e. The summed E-state index contributed by atoms with van der Waals surface area (Å²) in [5, 5.41) is 10.6. The fraction of sp³-hybridized carbons (Fsp3) is 0.0909. The summed E-state index contributed by atoms with van der Waals surface area (Å²) < 4.78 is 14.3. The predicted octanol–water partition coefficient (Wildman–Crippen LogP) is 1.99. The minimum Gasteiger partial charge on any atom is -0.307 e. The van der Waals surface area contributed by atoms with Crippen molar-refractivity contribution in [1.29, 1.82) is 0 Å². The van der Waals surface area contributed by atoms with Crippen LogP contribution in [0.2, 0.25) is 5.15 Å². The summed E-state index contributed by atoms with van der Waals surface area (Å²) in [5.41, 5.74) is -0.779. The Morgan fingerprint density at radius 2 is 2.21 bits per heavy atom. The molecule has 0 aliphatic heterocycles. The number of halogens is 2. The second-order valence-corrected chi connectivity index (χ2v) is 4.04. The molecule has 0 saturated heterocycles. The molecule has 0 aliphatic carbocycles. The molecule has 0 N–H and O–H groups in total. The molecule has 0 amide bonds. The first kappa shape index (κ1) is 13.2. The minimum absolute atomic E-state index is 0.0781. The topological polar surface area (TPSA) is 78.0 Å². The third-order valence-corrected chi connectivity index (χ3v) is 2.71. The monoisotopic (exact) mass is 283 g/mol. The second-order valence-electron chi connectivity index (χ2n) is 3.68. The first-order chi connectivity index (χ1) is 8.99. The molecule has 1 aromatic carbocycles. The quantitative estimate of drug-likeness (QED) is 0.637. The van der Waals surface area contributed by atoms with Crippen molar-refractivity contribution >= 4 is 17.3 Å². The average molecular weight is 284 g/mol. The summed E-state index contributed by atoms with van der Waals surface area (Å²) in [4.78, 5) is 25.4.